The number of nitrogens with zero attached hydrogens (tertiary/aromatic N) is 4. The quantitative estimate of drug-likeness (QED) is 0.197. The second kappa shape index (κ2) is 13.5. The molecule has 0 bridgehead atoms. The molecule has 6 rings (SSSR count). The first-order chi connectivity index (χ1) is 23.0. The summed E-state index contributed by atoms with van der Waals surface area (Å²) in [4.78, 5) is 10.5. The normalized spacial score (nSPS) is 24.9. The maximum absolute atomic E-state index is 16.9. The zero-order valence-electron chi connectivity index (χ0n) is 25.7. The Hall–Kier alpha value is -3.91. The highest BCUT2D eigenvalue weighted by Crippen LogP contribution is 2.45. The Labute approximate surface area is 276 Å². The van der Waals surface area contributed by atoms with E-state index in [0.29, 0.717) is 38.6 Å². The highest BCUT2D eigenvalue weighted by Gasteiger charge is 2.49. The number of nitrogens with two attached hydrogens (primary N) is 1. The van der Waals surface area contributed by atoms with Crippen LogP contribution in [-0.4, -0.2) is 78.7 Å². The SMILES string of the molecule is COC[C@H]1C[C@@H](Oc2nc(OC[C@@]34CCCN3C[C@H](F)C4)nc3c(F)c(/C(=C/C=C/F)c4csc(N)c4C#N)c(C(F)(F)F)cc23)CN1. The van der Waals surface area contributed by atoms with Crippen LogP contribution >= 0.6 is 11.3 Å². The third-order valence-corrected chi connectivity index (χ3v) is 9.88. The first-order valence-electron chi connectivity index (χ1n) is 15.2. The van der Waals surface area contributed by atoms with Crippen molar-refractivity contribution in [2.75, 3.05) is 45.7 Å². The van der Waals surface area contributed by atoms with Crippen LogP contribution < -0.4 is 20.5 Å². The van der Waals surface area contributed by atoms with Crippen LogP contribution in [0.15, 0.2) is 29.9 Å². The number of ether oxygens (including phenoxy) is 3. The summed E-state index contributed by atoms with van der Waals surface area (Å²) in [5.41, 5.74) is 1.57. The molecule has 2 aromatic heterocycles. The number of aromatic nitrogens is 2. The summed E-state index contributed by atoms with van der Waals surface area (Å²) in [6.07, 6.45) is -2.80. The molecule has 3 aliphatic rings. The van der Waals surface area contributed by atoms with Gasteiger partial charge in [-0.2, -0.15) is 28.4 Å². The highest BCUT2D eigenvalue weighted by atomic mass is 32.1. The van der Waals surface area contributed by atoms with E-state index in [-0.39, 0.29) is 65.3 Å². The second-order valence-corrected chi connectivity index (χ2v) is 13.0. The minimum atomic E-state index is -5.13. The molecular formula is C32H32F6N6O3S. The Morgan fingerprint density at radius 2 is 2.15 bits per heavy atom. The summed E-state index contributed by atoms with van der Waals surface area (Å²) in [6, 6.07) is 2.06. The van der Waals surface area contributed by atoms with E-state index in [1.54, 1.807) is 0 Å². The van der Waals surface area contributed by atoms with E-state index in [4.69, 9.17) is 19.9 Å². The molecule has 256 valence electrons. The van der Waals surface area contributed by atoms with Gasteiger partial charge in [0.05, 0.1) is 35.0 Å². The van der Waals surface area contributed by atoms with E-state index < -0.39 is 52.0 Å². The number of nitrogens with one attached hydrogen (secondary N) is 1. The Morgan fingerprint density at radius 1 is 1.33 bits per heavy atom. The first kappa shape index (κ1) is 34.0. The Morgan fingerprint density at radius 3 is 2.88 bits per heavy atom. The molecule has 4 atom stereocenters. The molecule has 3 aliphatic heterocycles. The van der Waals surface area contributed by atoms with Gasteiger partial charge in [-0.15, -0.1) is 11.3 Å². The summed E-state index contributed by atoms with van der Waals surface area (Å²) in [6.45, 7) is 1.60. The fourth-order valence-electron chi connectivity index (χ4n) is 6.95. The average Bonchev–Trinajstić information content (AvgIpc) is 3.80. The minimum Gasteiger partial charge on any atom is -0.472 e. The predicted molar refractivity (Wildman–Crippen MR) is 167 cm³/mol. The van der Waals surface area contributed by atoms with Gasteiger partial charge in [0, 0.05) is 55.6 Å². The number of rotatable bonds is 10. The molecule has 0 aliphatic carbocycles. The van der Waals surface area contributed by atoms with Crippen LogP contribution in [0.1, 0.15) is 47.9 Å². The molecule has 48 heavy (non-hydrogen) atoms. The molecule has 0 unspecified atom stereocenters. The molecule has 3 fully saturated rings. The molecule has 5 heterocycles. The molecule has 0 spiro atoms. The minimum absolute atomic E-state index is 0.00852. The van der Waals surface area contributed by atoms with Crippen LogP contribution in [-0.2, 0) is 10.9 Å². The second-order valence-electron chi connectivity index (χ2n) is 12.1. The van der Waals surface area contributed by atoms with Crippen LogP contribution in [0.3, 0.4) is 0 Å². The number of hydrogen-bond acceptors (Lipinski definition) is 10. The van der Waals surface area contributed by atoms with Crippen molar-refractivity contribution < 1.29 is 40.6 Å². The van der Waals surface area contributed by atoms with Crippen molar-refractivity contribution in [1.29, 1.82) is 5.26 Å². The number of fused-ring (bicyclic) bond motifs is 2. The lowest BCUT2D eigenvalue weighted by molar-refractivity contribution is -0.137. The van der Waals surface area contributed by atoms with Crippen molar-refractivity contribution in [3.8, 4) is 18.0 Å². The van der Waals surface area contributed by atoms with Crippen molar-refractivity contribution in [3.63, 3.8) is 0 Å². The Balaban J connectivity index is 1.52. The fourth-order valence-corrected chi connectivity index (χ4v) is 7.72. The largest absolute Gasteiger partial charge is 0.472 e. The van der Waals surface area contributed by atoms with Crippen molar-refractivity contribution >= 4 is 32.8 Å². The molecule has 1 aromatic carbocycles. The fraction of sp³-hybridized carbons (Fsp3) is 0.469. The number of allylic oxidation sites excluding steroid dienone is 2. The summed E-state index contributed by atoms with van der Waals surface area (Å²) in [7, 11) is 1.53. The maximum atomic E-state index is 16.9. The van der Waals surface area contributed by atoms with Crippen LogP contribution in [0.5, 0.6) is 11.9 Å². The predicted octanol–water partition coefficient (Wildman–Crippen LogP) is 5.93. The smallest absolute Gasteiger partial charge is 0.417 e. The lowest BCUT2D eigenvalue weighted by Crippen LogP contribution is -2.43. The van der Waals surface area contributed by atoms with Crippen molar-refractivity contribution in [2.45, 2.75) is 55.7 Å². The molecule has 0 amide bonds. The number of methoxy groups -OCH3 is 1. The van der Waals surface area contributed by atoms with Gasteiger partial charge in [-0.1, -0.05) is 6.08 Å². The van der Waals surface area contributed by atoms with Gasteiger partial charge in [-0.05, 0) is 37.1 Å². The van der Waals surface area contributed by atoms with E-state index in [1.807, 2.05) is 11.0 Å². The van der Waals surface area contributed by atoms with Gasteiger partial charge >= 0.3 is 12.2 Å². The highest BCUT2D eigenvalue weighted by molar-refractivity contribution is 7.14. The van der Waals surface area contributed by atoms with Gasteiger partial charge < -0.3 is 25.3 Å². The van der Waals surface area contributed by atoms with Crippen LogP contribution in [0.2, 0.25) is 0 Å². The number of thiophene rings is 1. The van der Waals surface area contributed by atoms with Crippen LogP contribution in [0.4, 0.5) is 31.3 Å². The number of nitrogen functional groups attached to an aromatic ring is 1. The molecule has 3 saturated heterocycles. The maximum Gasteiger partial charge on any atom is 0.417 e. The van der Waals surface area contributed by atoms with Crippen molar-refractivity contribution in [3.05, 3.63) is 58.0 Å². The molecule has 3 N–H and O–H groups in total. The zero-order valence-corrected chi connectivity index (χ0v) is 26.6. The number of anilines is 1. The topological polar surface area (TPSA) is 119 Å². The third-order valence-electron chi connectivity index (χ3n) is 9.07. The molecule has 0 saturated carbocycles. The van der Waals surface area contributed by atoms with Crippen LogP contribution in [0.25, 0.3) is 16.5 Å². The van der Waals surface area contributed by atoms with Gasteiger partial charge in [0.1, 0.15) is 35.5 Å². The van der Waals surface area contributed by atoms with Crippen molar-refractivity contribution in [1.82, 2.24) is 20.2 Å². The summed E-state index contributed by atoms with van der Waals surface area (Å²) in [5, 5.41) is 13.8. The lowest BCUT2D eigenvalue weighted by Gasteiger charge is -2.30. The Bertz CT molecular complexity index is 1790. The van der Waals surface area contributed by atoms with Crippen molar-refractivity contribution in [2.24, 2.45) is 0 Å². The van der Waals surface area contributed by atoms with Gasteiger partial charge in [-0.25, -0.2) is 13.2 Å². The van der Waals surface area contributed by atoms with Crippen LogP contribution in [0, 0.1) is 17.1 Å². The zero-order chi connectivity index (χ0) is 34.2. The van der Waals surface area contributed by atoms with E-state index in [9.17, 15) is 27.2 Å². The average molecular weight is 695 g/mol. The number of alkyl halides is 4. The van der Waals surface area contributed by atoms with E-state index in [1.165, 1.54) is 12.5 Å². The Kier molecular flexibility index (Phi) is 9.58. The monoisotopic (exact) mass is 694 g/mol. The summed E-state index contributed by atoms with van der Waals surface area (Å²) < 4.78 is 106. The molecule has 16 heteroatoms. The number of benzene rings is 1. The van der Waals surface area contributed by atoms with Gasteiger partial charge in [-0.3, -0.25) is 4.90 Å². The van der Waals surface area contributed by atoms with E-state index in [0.717, 1.165) is 29.9 Å². The lowest BCUT2D eigenvalue weighted by atomic mass is 9.90. The summed E-state index contributed by atoms with van der Waals surface area (Å²) >= 11 is 0.868. The standard InChI is InChI=1S/C32H32F6N6O3S/c1-45-14-18-8-19(12-41-18)47-29-21-9-24(32(36,37)38)25(20(4-2-6-33)23-15-48-28(40)22(23)11-39)26(35)27(21)42-30(43-29)46-16-31-5-3-7-44(31)13-17(34)10-31/h2,4,6,9,15,17-19,41H,3,5,7-8,10,12-14,16,40H2,1H3/b6-2+,20-4+/t17-,18-,19-,31+/m1/s1. The number of hydrogen-bond donors (Lipinski definition) is 2. The molecule has 3 aromatic rings. The van der Waals surface area contributed by atoms with Gasteiger partial charge in [0.2, 0.25) is 5.88 Å². The van der Waals surface area contributed by atoms with Gasteiger partial charge in [0.25, 0.3) is 0 Å². The number of nitriles is 1. The van der Waals surface area contributed by atoms with Gasteiger partial charge in [0.15, 0.2) is 5.82 Å². The summed E-state index contributed by atoms with van der Waals surface area (Å²) in [5.74, 6) is -1.76. The third kappa shape index (κ3) is 6.43. The molecule has 9 nitrogen and oxygen atoms in total. The number of halogens is 6. The molecule has 0 radical (unpaired) electrons. The van der Waals surface area contributed by atoms with E-state index >= 15 is 4.39 Å². The first-order valence-corrected chi connectivity index (χ1v) is 16.1. The molecular weight excluding hydrogens is 662 g/mol. The van der Waals surface area contributed by atoms with E-state index in [2.05, 4.69) is 15.3 Å².